The van der Waals surface area contributed by atoms with E-state index in [1.165, 1.54) is 25.1 Å². The first kappa shape index (κ1) is 12.8. The molecular formula is C13H18N2O3. The quantitative estimate of drug-likeness (QED) is 0.774. The third-order valence-electron chi connectivity index (χ3n) is 3.50. The third-order valence-corrected chi connectivity index (χ3v) is 3.50. The number of hydrogen-bond acceptors (Lipinski definition) is 4. The van der Waals surface area contributed by atoms with Crippen LogP contribution in [0.3, 0.4) is 0 Å². The molecule has 1 saturated carbocycles. The predicted octanol–water partition coefficient (Wildman–Crippen LogP) is 2.01. The highest BCUT2D eigenvalue weighted by molar-refractivity contribution is 5.93. The van der Waals surface area contributed by atoms with E-state index in [0.717, 1.165) is 19.6 Å². The molecule has 0 unspecified atom stereocenters. The van der Waals surface area contributed by atoms with E-state index in [9.17, 15) is 4.79 Å². The summed E-state index contributed by atoms with van der Waals surface area (Å²) in [4.78, 5) is 15.0. The van der Waals surface area contributed by atoms with Crippen LogP contribution in [-0.4, -0.2) is 36.3 Å². The average Bonchev–Trinajstić information content (AvgIpc) is 3.15. The molecule has 1 aliphatic rings. The van der Waals surface area contributed by atoms with Crippen LogP contribution in [0.2, 0.25) is 0 Å². The Kier molecular flexibility index (Phi) is 3.81. The van der Waals surface area contributed by atoms with E-state index in [1.807, 2.05) is 0 Å². The number of carboxylic acid groups (broad SMARTS) is 1. The van der Waals surface area contributed by atoms with Crippen LogP contribution < -0.4 is 5.32 Å². The standard InChI is InChI=1S/C13H18N2O3/c1-18-7-5-13(3-4-13)9-15-11-8-14-6-2-10(11)12(16)17/h2,6,8,15H,3-5,7,9H2,1H3,(H,16,17). The largest absolute Gasteiger partial charge is 0.478 e. The van der Waals surface area contributed by atoms with Gasteiger partial charge in [-0.1, -0.05) is 0 Å². The molecule has 5 heteroatoms. The number of carboxylic acids is 1. The molecule has 1 aromatic heterocycles. The van der Waals surface area contributed by atoms with Crippen LogP contribution in [0.1, 0.15) is 29.6 Å². The molecule has 1 aliphatic carbocycles. The van der Waals surface area contributed by atoms with Gasteiger partial charge in [-0.05, 0) is 30.7 Å². The van der Waals surface area contributed by atoms with Gasteiger partial charge in [-0.15, -0.1) is 0 Å². The molecule has 2 rings (SSSR count). The van der Waals surface area contributed by atoms with Crippen LogP contribution in [-0.2, 0) is 4.74 Å². The molecule has 0 aliphatic heterocycles. The van der Waals surface area contributed by atoms with Crippen LogP contribution in [0.25, 0.3) is 0 Å². The van der Waals surface area contributed by atoms with Gasteiger partial charge in [-0.2, -0.15) is 0 Å². The Labute approximate surface area is 106 Å². The zero-order valence-corrected chi connectivity index (χ0v) is 10.5. The highest BCUT2D eigenvalue weighted by Crippen LogP contribution is 2.48. The van der Waals surface area contributed by atoms with Crippen LogP contribution >= 0.6 is 0 Å². The van der Waals surface area contributed by atoms with Crippen molar-refractivity contribution in [3.8, 4) is 0 Å². The Morgan fingerprint density at radius 3 is 3.00 bits per heavy atom. The Hall–Kier alpha value is -1.62. The Morgan fingerprint density at radius 2 is 2.39 bits per heavy atom. The van der Waals surface area contributed by atoms with E-state index < -0.39 is 5.97 Å². The van der Waals surface area contributed by atoms with Crippen molar-refractivity contribution < 1.29 is 14.6 Å². The first-order valence-corrected chi connectivity index (χ1v) is 6.07. The van der Waals surface area contributed by atoms with Crippen molar-refractivity contribution in [2.45, 2.75) is 19.3 Å². The van der Waals surface area contributed by atoms with Gasteiger partial charge in [-0.25, -0.2) is 4.79 Å². The molecule has 0 atom stereocenters. The summed E-state index contributed by atoms with van der Waals surface area (Å²) in [6, 6.07) is 1.51. The number of carbonyl (C=O) groups is 1. The number of hydrogen-bond donors (Lipinski definition) is 2. The summed E-state index contributed by atoms with van der Waals surface area (Å²) in [6.45, 7) is 1.53. The average molecular weight is 250 g/mol. The van der Waals surface area contributed by atoms with E-state index in [1.54, 1.807) is 13.3 Å². The minimum atomic E-state index is -0.929. The Balaban J connectivity index is 1.96. The summed E-state index contributed by atoms with van der Waals surface area (Å²) in [5.74, 6) is -0.929. The van der Waals surface area contributed by atoms with Crippen molar-refractivity contribution in [3.05, 3.63) is 24.0 Å². The third kappa shape index (κ3) is 2.98. The Morgan fingerprint density at radius 1 is 1.61 bits per heavy atom. The van der Waals surface area contributed by atoms with Crippen molar-refractivity contribution in [3.63, 3.8) is 0 Å². The molecule has 18 heavy (non-hydrogen) atoms. The maximum atomic E-state index is 11.0. The van der Waals surface area contributed by atoms with Gasteiger partial charge in [0.05, 0.1) is 17.4 Å². The minimum absolute atomic E-state index is 0.271. The summed E-state index contributed by atoms with van der Waals surface area (Å²) < 4.78 is 5.10. The van der Waals surface area contributed by atoms with Gasteiger partial charge in [-0.3, -0.25) is 4.98 Å². The van der Waals surface area contributed by atoms with E-state index in [-0.39, 0.29) is 11.0 Å². The zero-order valence-electron chi connectivity index (χ0n) is 10.5. The maximum Gasteiger partial charge on any atom is 0.337 e. The number of aromatic carboxylic acids is 1. The number of methoxy groups -OCH3 is 1. The summed E-state index contributed by atoms with van der Waals surface area (Å²) in [5.41, 5.74) is 1.14. The molecular weight excluding hydrogens is 232 g/mol. The summed E-state index contributed by atoms with van der Waals surface area (Å²) >= 11 is 0. The van der Waals surface area contributed by atoms with E-state index in [4.69, 9.17) is 9.84 Å². The van der Waals surface area contributed by atoms with Crippen molar-refractivity contribution >= 4 is 11.7 Å². The van der Waals surface area contributed by atoms with E-state index in [2.05, 4.69) is 10.3 Å². The van der Waals surface area contributed by atoms with Crippen LogP contribution in [0.5, 0.6) is 0 Å². The van der Waals surface area contributed by atoms with Gasteiger partial charge >= 0.3 is 5.97 Å². The number of nitrogens with zero attached hydrogens (tertiary/aromatic N) is 1. The smallest absolute Gasteiger partial charge is 0.337 e. The van der Waals surface area contributed by atoms with Crippen molar-refractivity contribution in [1.29, 1.82) is 0 Å². The van der Waals surface area contributed by atoms with Crippen LogP contribution in [0.15, 0.2) is 18.5 Å². The number of aromatic nitrogens is 1. The Bertz CT molecular complexity index is 430. The number of ether oxygens (including phenoxy) is 1. The summed E-state index contributed by atoms with van der Waals surface area (Å²) in [7, 11) is 1.70. The summed E-state index contributed by atoms with van der Waals surface area (Å²) in [5, 5.41) is 12.3. The lowest BCUT2D eigenvalue weighted by atomic mass is 10.0. The molecule has 2 N–H and O–H groups in total. The highest BCUT2D eigenvalue weighted by atomic mass is 16.5. The second-order valence-electron chi connectivity index (χ2n) is 4.82. The first-order chi connectivity index (χ1) is 8.67. The zero-order chi connectivity index (χ0) is 13.0. The van der Waals surface area contributed by atoms with Crippen LogP contribution in [0, 0.1) is 5.41 Å². The normalized spacial score (nSPS) is 16.3. The SMILES string of the molecule is COCCC1(CNc2cnccc2C(=O)O)CC1. The van der Waals surface area contributed by atoms with Gasteiger partial charge in [0.2, 0.25) is 0 Å². The molecule has 5 nitrogen and oxygen atoms in total. The lowest BCUT2D eigenvalue weighted by Crippen LogP contribution is -2.18. The van der Waals surface area contributed by atoms with Gasteiger partial charge in [0.15, 0.2) is 0 Å². The minimum Gasteiger partial charge on any atom is -0.478 e. The van der Waals surface area contributed by atoms with Gasteiger partial charge in [0.25, 0.3) is 0 Å². The second kappa shape index (κ2) is 5.35. The second-order valence-corrected chi connectivity index (χ2v) is 4.82. The topological polar surface area (TPSA) is 71.5 Å². The molecule has 0 radical (unpaired) electrons. The van der Waals surface area contributed by atoms with Gasteiger partial charge in [0, 0.05) is 26.5 Å². The fraction of sp³-hybridized carbons (Fsp3) is 0.538. The van der Waals surface area contributed by atoms with Gasteiger partial charge in [0.1, 0.15) is 0 Å². The number of rotatable bonds is 7. The molecule has 1 heterocycles. The molecule has 0 saturated heterocycles. The summed E-state index contributed by atoms with van der Waals surface area (Å²) in [6.07, 6.45) is 6.42. The first-order valence-electron chi connectivity index (χ1n) is 6.07. The van der Waals surface area contributed by atoms with Crippen LogP contribution in [0.4, 0.5) is 5.69 Å². The molecule has 98 valence electrons. The lowest BCUT2D eigenvalue weighted by Gasteiger charge is -2.17. The molecule has 0 amide bonds. The maximum absolute atomic E-state index is 11.0. The monoisotopic (exact) mass is 250 g/mol. The van der Waals surface area contributed by atoms with Gasteiger partial charge < -0.3 is 15.2 Å². The molecule has 1 fully saturated rings. The van der Waals surface area contributed by atoms with Crippen molar-refractivity contribution in [1.82, 2.24) is 4.98 Å². The predicted molar refractivity (Wildman–Crippen MR) is 67.8 cm³/mol. The lowest BCUT2D eigenvalue weighted by molar-refractivity contribution is 0.0697. The molecule has 0 aromatic carbocycles. The van der Waals surface area contributed by atoms with Crippen molar-refractivity contribution in [2.24, 2.45) is 5.41 Å². The molecule has 1 aromatic rings. The fourth-order valence-corrected chi connectivity index (χ4v) is 2.02. The van der Waals surface area contributed by atoms with E-state index in [0.29, 0.717) is 5.69 Å². The fourth-order valence-electron chi connectivity index (χ4n) is 2.02. The number of pyridine rings is 1. The number of nitrogens with one attached hydrogen (secondary N) is 1. The number of anilines is 1. The van der Waals surface area contributed by atoms with Crippen molar-refractivity contribution in [2.75, 3.05) is 25.6 Å². The highest BCUT2D eigenvalue weighted by Gasteiger charge is 2.41. The molecule has 0 spiro atoms. The van der Waals surface area contributed by atoms with E-state index >= 15 is 0 Å². The molecule has 0 bridgehead atoms.